The minimum Gasteiger partial charge on any atom is -0.492 e. The fraction of sp³-hybridized carbons (Fsp3) is 0.375. The predicted octanol–water partition coefficient (Wildman–Crippen LogP) is 3.12. The second kappa shape index (κ2) is 12.0. The number of piperidine rings is 1. The van der Waals surface area contributed by atoms with Gasteiger partial charge in [0.2, 0.25) is 15.9 Å². The Kier molecular flexibility index (Phi) is 8.13. The number of carbonyl (C=O) groups is 2. The Balaban J connectivity index is 1.25. The molecule has 2 fully saturated rings. The van der Waals surface area contributed by atoms with E-state index in [1.54, 1.807) is 17.0 Å². The number of hydrogen-bond donors (Lipinski definition) is 3. The number of carbonyl (C=O) groups excluding carboxylic acids is 2. The lowest BCUT2D eigenvalue weighted by molar-refractivity contribution is -0.127. The molecule has 0 aromatic heterocycles. The smallest absolute Gasteiger partial charge is 0.317 e. The summed E-state index contributed by atoms with van der Waals surface area (Å²) in [5.41, 5.74) is 2.03. The zero-order valence-corrected chi connectivity index (χ0v) is 24.6. The van der Waals surface area contributed by atoms with Gasteiger partial charge in [0.15, 0.2) is 0 Å². The van der Waals surface area contributed by atoms with Gasteiger partial charge in [-0.2, -0.15) is 4.31 Å². The molecule has 0 saturated carbocycles. The number of aliphatic hydroxyl groups excluding tert-OH is 1. The van der Waals surface area contributed by atoms with Gasteiger partial charge >= 0.3 is 6.03 Å². The minimum absolute atomic E-state index is 0.00739. The van der Waals surface area contributed by atoms with Crippen molar-refractivity contribution >= 4 is 22.0 Å². The summed E-state index contributed by atoms with van der Waals surface area (Å²) in [5, 5.41) is 16.6. The number of likely N-dealkylation sites (tertiary alicyclic amines) is 1. The maximum atomic E-state index is 13.9. The molecule has 3 aliphatic rings. The summed E-state index contributed by atoms with van der Waals surface area (Å²) in [5.74, 6) is -0.227. The predicted molar refractivity (Wildman–Crippen MR) is 161 cm³/mol. The molecule has 11 heteroatoms. The third kappa shape index (κ3) is 6.11. The average molecular weight is 605 g/mol. The molecule has 10 nitrogen and oxygen atoms in total. The summed E-state index contributed by atoms with van der Waals surface area (Å²) >= 11 is 0. The molecule has 2 atom stereocenters. The van der Waals surface area contributed by atoms with Gasteiger partial charge < -0.3 is 25.4 Å². The Morgan fingerprint density at radius 3 is 2.40 bits per heavy atom. The van der Waals surface area contributed by atoms with Crippen LogP contribution in [0.3, 0.4) is 0 Å². The van der Waals surface area contributed by atoms with E-state index in [9.17, 15) is 23.1 Å². The second-order valence-electron chi connectivity index (χ2n) is 11.5. The third-order valence-electron chi connectivity index (χ3n) is 8.69. The largest absolute Gasteiger partial charge is 0.492 e. The van der Waals surface area contributed by atoms with Crippen molar-refractivity contribution in [3.05, 3.63) is 84.4 Å². The summed E-state index contributed by atoms with van der Waals surface area (Å²) < 4.78 is 35.2. The maximum absolute atomic E-state index is 13.9. The molecule has 3 N–H and O–H groups in total. The number of nitrogens with one attached hydrogen (secondary N) is 2. The van der Waals surface area contributed by atoms with Gasteiger partial charge in [0.25, 0.3) is 0 Å². The number of ether oxygens (including phenoxy) is 1. The molecule has 0 unspecified atom stereocenters. The Hall–Kier alpha value is -3.93. The Labute approximate surface area is 251 Å². The van der Waals surface area contributed by atoms with Crippen LogP contribution < -0.4 is 15.4 Å². The SMILES string of the molecule is O=C1NC2(CCOc3cc(-c4ccccc4)ccc3S(=O)(=O)N3C[C@H](O)C[C@@H]13)CCN(C(=O)NCc1ccccc1)CC2. The number of benzene rings is 3. The van der Waals surface area contributed by atoms with E-state index in [-0.39, 0.29) is 36.2 Å². The number of fused-ring (bicyclic) bond motifs is 2. The standard InChI is InChI=1S/C32H36N4O6S/c37-26-20-27-30(38)34-32(13-16-35(17-14-32)31(39)33-21-23-7-3-1-4-8-23)15-18-42-28-19-25(24-9-5-2-6-10-24)11-12-29(28)43(40,41)36(27)22-26/h1-12,19,26-27,37H,13-18,20-22H2,(H,33,39)(H,34,38)/t26-,27+/m1/s1. The first kappa shape index (κ1) is 29.2. The van der Waals surface area contributed by atoms with Crippen molar-refractivity contribution in [2.75, 3.05) is 26.2 Å². The first-order valence-electron chi connectivity index (χ1n) is 14.7. The zero-order valence-electron chi connectivity index (χ0n) is 23.8. The normalized spacial score (nSPS) is 23.3. The number of aliphatic hydroxyl groups is 1. The fourth-order valence-corrected chi connectivity index (χ4v) is 7.97. The van der Waals surface area contributed by atoms with Gasteiger partial charge in [0.1, 0.15) is 16.7 Å². The van der Waals surface area contributed by atoms with Crippen molar-refractivity contribution in [3.8, 4) is 16.9 Å². The molecule has 3 aliphatic heterocycles. The fourth-order valence-electron chi connectivity index (χ4n) is 6.22. The molecule has 0 bridgehead atoms. The second-order valence-corrected chi connectivity index (χ2v) is 13.4. The summed E-state index contributed by atoms with van der Waals surface area (Å²) in [6, 6.07) is 23.1. The molecule has 226 valence electrons. The number of urea groups is 1. The quantitative estimate of drug-likeness (QED) is 0.422. The lowest BCUT2D eigenvalue weighted by Crippen LogP contribution is -2.60. The van der Waals surface area contributed by atoms with E-state index in [1.165, 1.54) is 6.07 Å². The van der Waals surface area contributed by atoms with E-state index in [1.807, 2.05) is 60.7 Å². The monoisotopic (exact) mass is 604 g/mol. The summed E-state index contributed by atoms with van der Waals surface area (Å²) in [7, 11) is -4.17. The molecule has 3 aromatic carbocycles. The van der Waals surface area contributed by atoms with E-state index in [2.05, 4.69) is 10.6 Å². The van der Waals surface area contributed by atoms with Gasteiger partial charge in [0.05, 0.1) is 12.7 Å². The van der Waals surface area contributed by atoms with Crippen LogP contribution in [0, 0.1) is 0 Å². The van der Waals surface area contributed by atoms with Crippen molar-refractivity contribution < 1.29 is 27.9 Å². The number of amides is 3. The van der Waals surface area contributed by atoms with Crippen molar-refractivity contribution in [3.63, 3.8) is 0 Å². The maximum Gasteiger partial charge on any atom is 0.317 e. The van der Waals surface area contributed by atoms with E-state index < -0.39 is 33.6 Å². The molecule has 0 aliphatic carbocycles. The van der Waals surface area contributed by atoms with Gasteiger partial charge in [0, 0.05) is 44.6 Å². The van der Waals surface area contributed by atoms with Crippen LogP contribution in [0.15, 0.2) is 83.8 Å². The average Bonchev–Trinajstić information content (AvgIpc) is 3.43. The first-order chi connectivity index (χ1) is 20.7. The number of sulfonamides is 1. The lowest BCUT2D eigenvalue weighted by Gasteiger charge is -2.43. The highest BCUT2D eigenvalue weighted by Crippen LogP contribution is 2.37. The van der Waals surface area contributed by atoms with Crippen molar-refractivity contribution in [1.82, 2.24) is 19.8 Å². The topological polar surface area (TPSA) is 128 Å². The van der Waals surface area contributed by atoms with Gasteiger partial charge in [-0.15, -0.1) is 0 Å². The molecule has 3 amide bonds. The molecule has 3 aromatic rings. The van der Waals surface area contributed by atoms with E-state index >= 15 is 0 Å². The first-order valence-corrected chi connectivity index (χ1v) is 16.1. The lowest BCUT2D eigenvalue weighted by atomic mass is 9.84. The van der Waals surface area contributed by atoms with Gasteiger partial charge in [-0.1, -0.05) is 66.7 Å². The van der Waals surface area contributed by atoms with Crippen LogP contribution in [-0.2, 0) is 21.4 Å². The number of hydrogen-bond acceptors (Lipinski definition) is 6. The van der Waals surface area contributed by atoms with Crippen LogP contribution in [-0.4, -0.2) is 78.6 Å². The summed E-state index contributed by atoms with van der Waals surface area (Å²) in [6.45, 7) is 1.26. The molecule has 0 radical (unpaired) electrons. The van der Waals surface area contributed by atoms with Crippen LogP contribution in [0.4, 0.5) is 4.79 Å². The van der Waals surface area contributed by atoms with Gasteiger partial charge in [-0.25, -0.2) is 13.2 Å². The highest BCUT2D eigenvalue weighted by atomic mass is 32.2. The van der Waals surface area contributed by atoms with Crippen LogP contribution in [0.25, 0.3) is 11.1 Å². The Morgan fingerprint density at radius 1 is 0.977 bits per heavy atom. The number of rotatable bonds is 3. The van der Waals surface area contributed by atoms with E-state index in [4.69, 9.17) is 4.74 Å². The highest BCUT2D eigenvalue weighted by Gasteiger charge is 2.47. The Bertz CT molecular complexity index is 1580. The summed E-state index contributed by atoms with van der Waals surface area (Å²) in [6.07, 6.45) is 0.447. The van der Waals surface area contributed by atoms with Crippen molar-refractivity contribution in [2.45, 2.75) is 54.8 Å². The van der Waals surface area contributed by atoms with E-state index in [0.29, 0.717) is 38.9 Å². The summed E-state index contributed by atoms with van der Waals surface area (Å²) in [4.78, 5) is 28.3. The zero-order chi connectivity index (χ0) is 30.0. The molecular weight excluding hydrogens is 568 g/mol. The Morgan fingerprint density at radius 2 is 1.67 bits per heavy atom. The van der Waals surface area contributed by atoms with Crippen LogP contribution >= 0.6 is 0 Å². The van der Waals surface area contributed by atoms with Crippen LogP contribution in [0.2, 0.25) is 0 Å². The molecule has 3 heterocycles. The molecular formula is C32H36N4O6S. The highest BCUT2D eigenvalue weighted by molar-refractivity contribution is 7.89. The molecule has 6 rings (SSSR count). The number of nitrogens with zero attached hydrogens (tertiary/aromatic N) is 2. The molecule has 1 spiro atoms. The van der Waals surface area contributed by atoms with E-state index in [0.717, 1.165) is 21.0 Å². The molecule has 43 heavy (non-hydrogen) atoms. The van der Waals surface area contributed by atoms with Gasteiger partial charge in [-0.3, -0.25) is 4.79 Å². The molecule has 2 saturated heterocycles. The minimum atomic E-state index is -4.17. The van der Waals surface area contributed by atoms with Crippen LogP contribution in [0.5, 0.6) is 5.75 Å². The van der Waals surface area contributed by atoms with Gasteiger partial charge in [-0.05, 0) is 41.7 Å². The van der Waals surface area contributed by atoms with Crippen LogP contribution in [0.1, 0.15) is 31.2 Å². The van der Waals surface area contributed by atoms with Crippen molar-refractivity contribution in [2.24, 2.45) is 0 Å². The third-order valence-corrected chi connectivity index (χ3v) is 10.6. The van der Waals surface area contributed by atoms with Crippen molar-refractivity contribution in [1.29, 1.82) is 0 Å².